The number of nitrogens with zero attached hydrogens (tertiary/aromatic N) is 1. The fourth-order valence-electron chi connectivity index (χ4n) is 1.77. The minimum atomic E-state index is 0.0259. The molecule has 1 saturated carbocycles. The van der Waals surface area contributed by atoms with Crippen LogP contribution in [0.2, 0.25) is 0 Å². The molecule has 4 heteroatoms. The molecular weight excluding hydrogens is 180 g/mol. The lowest BCUT2D eigenvalue weighted by atomic mass is 10.2. The Labute approximate surface area is 85.6 Å². The molecule has 0 aromatic rings. The molecule has 0 bridgehead atoms. The SMILES string of the molecule is CON(C)C(=O)CCNC1CCCC1. The zero-order valence-corrected chi connectivity index (χ0v) is 9.08. The van der Waals surface area contributed by atoms with E-state index in [1.807, 2.05) is 0 Å². The van der Waals surface area contributed by atoms with E-state index < -0.39 is 0 Å². The first-order chi connectivity index (χ1) is 6.74. The number of nitrogens with one attached hydrogen (secondary N) is 1. The number of hydrogen-bond acceptors (Lipinski definition) is 3. The van der Waals surface area contributed by atoms with E-state index >= 15 is 0 Å². The first-order valence-corrected chi connectivity index (χ1v) is 5.28. The Kier molecular flexibility index (Phi) is 4.90. The quantitative estimate of drug-likeness (QED) is 0.671. The van der Waals surface area contributed by atoms with Crippen LogP contribution in [0.1, 0.15) is 32.1 Å². The molecule has 0 heterocycles. The summed E-state index contributed by atoms with van der Waals surface area (Å²) in [6, 6.07) is 0.635. The smallest absolute Gasteiger partial charge is 0.247 e. The van der Waals surface area contributed by atoms with Crippen LogP contribution in [0, 0.1) is 0 Å². The molecule has 1 N–H and O–H groups in total. The van der Waals surface area contributed by atoms with Gasteiger partial charge in [-0.25, -0.2) is 5.06 Å². The van der Waals surface area contributed by atoms with Gasteiger partial charge in [-0.2, -0.15) is 0 Å². The van der Waals surface area contributed by atoms with Crippen molar-refractivity contribution in [1.29, 1.82) is 0 Å². The predicted octanol–water partition coefficient (Wildman–Crippen LogP) is 0.928. The van der Waals surface area contributed by atoms with Gasteiger partial charge in [0, 0.05) is 26.1 Å². The number of carbonyl (C=O) groups excluding carboxylic acids is 1. The van der Waals surface area contributed by atoms with Crippen molar-refractivity contribution in [2.75, 3.05) is 20.7 Å². The fraction of sp³-hybridized carbons (Fsp3) is 0.900. The Morgan fingerprint density at radius 1 is 1.50 bits per heavy atom. The molecule has 82 valence electrons. The summed E-state index contributed by atoms with van der Waals surface area (Å²) in [5.41, 5.74) is 0. The van der Waals surface area contributed by atoms with Crippen molar-refractivity contribution in [3.05, 3.63) is 0 Å². The van der Waals surface area contributed by atoms with Gasteiger partial charge in [-0.05, 0) is 12.8 Å². The van der Waals surface area contributed by atoms with Crippen molar-refractivity contribution in [3.8, 4) is 0 Å². The Morgan fingerprint density at radius 3 is 2.71 bits per heavy atom. The molecule has 1 rings (SSSR count). The first kappa shape index (κ1) is 11.5. The lowest BCUT2D eigenvalue weighted by Crippen LogP contribution is -2.32. The van der Waals surface area contributed by atoms with Crippen LogP contribution in [0.4, 0.5) is 0 Å². The van der Waals surface area contributed by atoms with Crippen LogP contribution < -0.4 is 5.32 Å². The summed E-state index contributed by atoms with van der Waals surface area (Å²) in [5.74, 6) is 0.0259. The minimum Gasteiger partial charge on any atom is -0.313 e. The molecule has 0 unspecified atom stereocenters. The maximum Gasteiger partial charge on any atom is 0.247 e. The molecule has 4 nitrogen and oxygen atoms in total. The van der Waals surface area contributed by atoms with Gasteiger partial charge in [-0.1, -0.05) is 12.8 Å². The average Bonchev–Trinajstić information content (AvgIpc) is 2.69. The second-order valence-corrected chi connectivity index (χ2v) is 3.76. The largest absolute Gasteiger partial charge is 0.313 e. The normalized spacial score (nSPS) is 17.3. The third kappa shape index (κ3) is 3.64. The number of rotatable bonds is 5. The van der Waals surface area contributed by atoms with E-state index in [1.165, 1.54) is 37.9 Å². The highest BCUT2D eigenvalue weighted by molar-refractivity contribution is 5.74. The second kappa shape index (κ2) is 5.98. The van der Waals surface area contributed by atoms with Crippen molar-refractivity contribution in [2.45, 2.75) is 38.1 Å². The highest BCUT2D eigenvalue weighted by Crippen LogP contribution is 2.17. The van der Waals surface area contributed by atoms with E-state index in [4.69, 9.17) is 4.84 Å². The van der Waals surface area contributed by atoms with E-state index in [1.54, 1.807) is 7.05 Å². The second-order valence-electron chi connectivity index (χ2n) is 3.76. The zero-order chi connectivity index (χ0) is 10.4. The van der Waals surface area contributed by atoms with Gasteiger partial charge < -0.3 is 5.32 Å². The molecule has 0 atom stereocenters. The van der Waals surface area contributed by atoms with Crippen LogP contribution in [0.5, 0.6) is 0 Å². The summed E-state index contributed by atoms with van der Waals surface area (Å²) in [6.07, 6.45) is 5.68. The van der Waals surface area contributed by atoms with Gasteiger partial charge in [0.25, 0.3) is 0 Å². The highest BCUT2D eigenvalue weighted by atomic mass is 16.7. The molecule has 0 radical (unpaired) electrons. The Hall–Kier alpha value is -0.610. The molecule has 1 aliphatic rings. The third-order valence-electron chi connectivity index (χ3n) is 2.75. The molecule has 1 amide bonds. The van der Waals surface area contributed by atoms with Crippen molar-refractivity contribution >= 4 is 5.91 Å². The summed E-state index contributed by atoms with van der Waals surface area (Å²) in [7, 11) is 3.14. The van der Waals surface area contributed by atoms with Gasteiger partial charge in [0.05, 0.1) is 7.11 Å². The maximum absolute atomic E-state index is 11.3. The molecule has 1 aliphatic carbocycles. The van der Waals surface area contributed by atoms with Crippen molar-refractivity contribution in [1.82, 2.24) is 10.4 Å². The molecule has 0 aromatic heterocycles. The molecule has 1 fully saturated rings. The van der Waals surface area contributed by atoms with Gasteiger partial charge in [0.1, 0.15) is 0 Å². The minimum absolute atomic E-state index is 0.0259. The van der Waals surface area contributed by atoms with E-state index in [9.17, 15) is 4.79 Å². The van der Waals surface area contributed by atoms with E-state index in [0.29, 0.717) is 12.5 Å². The van der Waals surface area contributed by atoms with Crippen molar-refractivity contribution in [3.63, 3.8) is 0 Å². The summed E-state index contributed by atoms with van der Waals surface area (Å²) >= 11 is 0. The van der Waals surface area contributed by atoms with Gasteiger partial charge >= 0.3 is 0 Å². The number of amides is 1. The summed E-state index contributed by atoms with van der Waals surface area (Å²) in [6.45, 7) is 0.761. The van der Waals surface area contributed by atoms with E-state index in [-0.39, 0.29) is 5.91 Å². The van der Waals surface area contributed by atoms with E-state index in [0.717, 1.165) is 6.54 Å². The van der Waals surface area contributed by atoms with Crippen molar-refractivity contribution in [2.24, 2.45) is 0 Å². The standard InChI is InChI=1S/C10H20N2O2/c1-12(14-2)10(13)7-8-11-9-5-3-4-6-9/h9,11H,3-8H2,1-2H3. The predicted molar refractivity (Wildman–Crippen MR) is 54.7 cm³/mol. The number of carbonyl (C=O) groups is 1. The Bertz CT molecular complexity index is 179. The van der Waals surface area contributed by atoms with E-state index in [2.05, 4.69) is 5.32 Å². The van der Waals surface area contributed by atoms with Crippen LogP contribution in [-0.2, 0) is 9.63 Å². The average molecular weight is 200 g/mol. The Balaban J connectivity index is 2.05. The monoisotopic (exact) mass is 200 g/mol. The Morgan fingerprint density at radius 2 is 2.14 bits per heavy atom. The molecule has 0 spiro atoms. The topological polar surface area (TPSA) is 41.6 Å². The van der Waals surface area contributed by atoms with Gasteiger partial charge in [-0.15, -0.1) is 0 Å². The summed E-state index contributed by atoms with van der Waals surface area (Å²) < 4.78 is 0. The van der Waals surface area contributed by atoms with Crippen LogP contribution in [0.3, 0.4) is 0 Å². The van der Waals surface area contributed by atoms with Crippen LogP contribution in [-0.4, -0.2) is 37.7 Å². The zero-order valence-electron chi connectivity index (χ0n) is 9.08. The number of hydroxylamine groups is 2. The lowest BCUT2D eigenvalue weighted by Gasteiger charge is -2.15. The lowest BCUT2D eigenvalue weighted by molar-refractivity contribution is -0.168. The van der Waals surface area contributed by atoms with Crippen LogP contribution in [0.25, 0.3) is 0 Å². The maximum atomic E-state index is 11.3. The van der Waals surface area contributed by atoms with Crippen LogP contribution >= 0.6 is 0 Å². The first-order valence-electron chi connectivity index (χ1n) is 5.28. The molecule has 0 aliphatic heterocycles. The van der Waals surface area contributed by atoms with Gasteiger partial charge in [0.15, 0.2) is 0 Å². The third-order valence-corrected chi connectivity index (χ3v) is 2.75. The summed E-state index contributed by atoms with van der Waals surface area (Å²) in [5, 5.41) is 4.66. The molecule has 0 saturated heterocycles. The molecular formula is C10H20N2O2. The molecule has 0 aromatic carbocycles. The van der Waals surface area contributed by atoms with Gasteiger partial charge in [-0.3, -0.25) is 9.63 Å². The highest BCUT2D eigenvalue weighted by Gasteiger charge is 2.14. The number of hydrogen-bond donors (Lipinski definition) is 1. The van der Waals surface area contributed by atoms with Gasteiger partial charge in [0.2, 0.25) is 5.91 Å². The summed E-state index contributed by atoms with van der Waals surface area (Å²) in [4.78, 5) is 16.1. The van der Waals surface area contributed by atoms with Crippen molar-refractivity contribution < 1.29 is 9.63 Å². The van der Waals surface area contributed by atoms with Crippen LogP contribution in [0.15, 0.2) is 0 Å². The fourth-order valence-corrected chi connectivity index (χ4v) is 1.77. The molecule has 14 heavy (non-hydrogen) atoms.